The van der Waals surface area contributed by atoms with Crippen LogP contribution in [-0.4, -0.2) is 34.9 Å². The molecule has 2 aromatic rings. The van der Waals surface area contributed by atoms with Crippen LogP contribution in [0.3, 0.4) is 0 Å². The molecule has 0 aliphatic heterocycles. The lowest BCUT2D eigenvalue weighted by Gasteiger charge is -2.10. The van der Waals surface area contributed by atoms with Crippen LogP contribution in [0.25, 0.3) is 0 Å². The standard InChI is InChI=1S/C12H15N5O2S2/c1-9-2-3-10(12(13)20)8-11(9)21(18,19)15-5-7-17-6-4-14-16-17/h2-4,6,8,15H,5,7H2,1H3,(H2,13,20). The molecule has 0 atom stereocenters. The summed E-state index contributed by atoms with van der Waals surface area (Å²) in [6.07, 6.45) is 3.19. The molecular formula is C12H15N5O2S2. The molecule has 0 radical (unpaired) electrons. The summed E-state index contributed by atoms with van der Waals surface area (Å²) in [5, 5.41) is 7.41. The third-order valence-electron chi connectivity index (χ3n) is 2.87. The summed E-state index contributed by atoms with van der Waals surface area (Å²) in [5.74, 6) is 0. The van der Waals surface area contributed by atoms with Crippen LogP contribution in [0.5, 0.6) is 0 Å². The Morgan fingerprint density at radius 3 is 2.86 bits per heavy atom. The fourth-order valence-electron chi connectivity index (χ4n) is 1.77. The van der Waals surface area contributed by atoms with E-state index < -0.39 is 10.0 Å². The molecule has 3 N–H and O–H groups in total. The molecule has 1 aromatic carbocycles. The molecule has 7 nitrogen and oxygen atoms in total. The Labute approximate surface area is 128 Å². The number of nitrogens with two attached hydrogens (primary N) is 1. The average molecular weight is 325 g/mol. The van der Waals surface area contributed by atoms with E-state index in [1.165, 1.54) is 12.3 Å². The lowest BCUT2D eigenvalue weighted by atomic mass is 10.1. The molecule has 0 amide bonds. The molecule has 0 spiro atoms. The highest BCUT2D eigenvalue weighted by molar-refractivity contribution is 7.89. The van der Waals surface area contributed by atoms with E-state index >= 15 is 0 Å². The van der Waals surface area contributed by atoms with E-state index in [4.69, 9.17) is 18.0 Å². The van der Waals surface area contributed by atoms with Crippen LogP contribution in [0.15, 0.2) is 35.5 Å². The molecule has 0 saturated heterocycles. The van der Waals surface area contributed by atoms with E-state index in [2.05, 4.69) is 15.0 Å². The number of sulfonamides is 1. The van der Waals surface area contributed by atoms with Gasteiger partial charge in [0, 0.05) is 18.3 Å². The van der Waals surface area contributed by atoms with Gasteiger partial charge in [-0.1, -0.05) is 29.6 Å². The fourth-order valence-corrected chi connectivity index (χ4v) is 3.18. The summed E-state index contributed by atoms with van der Waals surface area (Å²) in [5.41, 5.74) is 6.69. The zero-order valence-electron chi connectivity index (χ0n) is 11.4. The van der Waals surface area contributed by atoms with Crippen molar-refractivity contribution in [3.63, 3.8) is 0 Å². The molecule has 0 aliphatic rings. The van der Waals surface area contributed by atoms with E-state index in [1.54, 1.807) is 29.9 Å². The van der Waals surface area contributed by atoms with Crippen LogP contribution in [-0.2, 0) is 16.6 Å². The zero-order valence-corrected chi connectivity index (χ0v) is 13.0. The molecule has 2 rings (SSSR count). The van der Waals surface area contributed by atoms with Crippen LogP contribution in [0.2, 0.25) is 0 Å². The molecule has 9 heteroatoms. The lowest BCUT2D eigenvalue weighted by molar-refractivity contribution is 0.552. The first-order valence-electron chi connectivity index (χ1n) is 6.14. The third kappa shape index (κ3) is 3.84. The third-order valence-corrected chi connectivity index (χ3v) is 4.71. The fraction of sp³-hybridized carbons (Fsp3) is 0.250. The topological polar surface area (TPSA) is 103 Å². The van der Waals surface area contributed by atoms with Crippen molar-refractivity contribution in [1.82, 2.24) is 19.7 Å². The Morgan fingerprint density at radius 1 is 1.48 bits per heavy atom. The summed E-state index contributed by atoms with van der Waals surface area (Å²) in [7, 11) is -3.63. The number of nitrogens with one attached hydrogen (secondary N) is 1. The van der Waals surface area contributed by atoms with Crippen LogP contribution in [0.4, 0.5) is 0 Å². The second-order valence-electron chi connectivity index (χ2n) is 4.41. The van der Waals surface area contributed by atoms with Crippen molar-refractivity contribution in [3.8, 4) is 0 Å². The number of rotatable bonds is 6. The van der Waals surface area contributed by atoms with E-state index in [0.717, 1.165) is 0 Å². The van der Waals surface area contributed by atoms with Gasteiger partial charge in [-0.3, -0.25) is 4.68 Å². The Kier molecular flexibility index (Phi) is 4.66. The highest BCUT2D eigenvalue weighted by atomic mass is 32.2. The van der Waals surface area contributed by atoms with Crippen molar-refractivity contribution >= 4 is 27.2 Å². The SMILES string of the molecule is Cc1ccc(C(N)=S)cc1S(=O)(=O)NCCn1ccnn1. The molecule has 0 bridgehead atoms. The molecule has 0 saturated carbocycles. The maximum atomic E-state index is 12.3. The predicted molar refractivity (Wildman–Crippen MR) is 82.3 cm³/mol. The second kappa shape index (κ2) is 6.29. The summed E-state index contributed by atoms with van der Waals surface area (Å²) in [6.45, 7) is 2.32. The number of hydrogen-bond donors (Lipinski definition) is 2. The average Bonchev–Trinajstić information content (AvgIpc) is 2.91. The van der Waals surface area contributed by atoms with Gasteiger partial charge in [0.2, 0.25) is 10.0 Å². The highest BCUT2D eigenvalue weighted by Gasteiger charge is 2.17. The van der Waals surface area contributed by atoms with E-state index in [0.29, 0.717) is 17.7 Å². The first-order chi connectivity index (χ1) is 9.90. The Bertz CT molecular complexity index is 741. The largest absolute Gasteiger partial charge is 0.389 e. The van der Waals surface area contributed by atoms with Gasteiger partial charge in [-0.2, -0.15) is 0 Å². The van der Waals surface area contributed by atoms with Crippen molar-refractivity contribution in [2.75, 3.05) is 6.54 Å². The van der Waals surface area contributed by atoms with Gasteiger partial charge in [0.1, 0.15) is 4.99 Å². The van der Waals surface area contributed by atoms with Crippen LogP contribution < -0.4 is 10.5 Å². The zero-order chi connectivity index (χ0) is 15.5. The van der Waals surface area contributed by atoms with Gasteiger partial charge in [0.25, 0.3) is 0 Å². The van der Waals surface area contributed by atoms with Crippen molar-refractivity contribution in [2.45, 2.75) is 18.4 Å². The molecule has 0 unspecified atom stereocenters. The Morgan fingerprint density at radius 2 is 2.24 bits per heavy atom. The van der Waals surface area contributed by atoms with Gasteiger partial charge in [0.05, 0.1) is 17.6 Å². The highest BCUT2D eigenvalue weighted by Crippen LogP contribution is 2.17. The number of nitrogens with zero attached hydrogens (tertiary/aromatic N) is 3. The van der Waals surface area contributed by atoms with E-state index in [-0.39, 0.29) is 16.4 Å². The number of hydrogen-bond acceptors (Lipinski definition) is 5. The number of thiocarbonyl (C=S) groups is 1. The van der Waals surface area contributed by atoms with Gasteiger partial charge in [0.15, 0.2) is 0 Å². The van der Waals surface area contributed by atoms with Crippen molar-refractivity contribution in [1.29, 1.82) is 0 Å². The summed E-state index contributed by atoms with van der Waals surface area (Å²) in [6, 6.07) is 4.86. The number of aromatic nitrogens is 3. The van der Waals surface area contributed by atoms with Gasteiger partial charge in [-0.05, 0) is 18.6 Å². The van der Waals surface area contributed by atoms with Crippen LogP contribution in [0.1, 0.15) is 11.1 Å². The number of benzene rings is 1. The molecule has 1 heterocycles. The summed E-state index contributed by atoms with van der Waals surface area (Å²) < 4.78 is 28.7. The molecule has 0 fully saturated rings. The van der Waals surface area contributed by atoms with Gasteiger partial charge in [-0.25, -0.2) is 13.1 Å². The predicted octanol–water partition coefficient (Wildman–Crippen LogP) is 0.199. The normalized spacial score (nSPS) is 11.5. The van der Waals surface area contributed by atoms with E-state index in [1.807, 2.05) is 0 Å². The number of aryl methyl sites for hydroxylation is 1. The quantitative estimate of drug-likeness (QED) is 0.736. The Balaban J connectivity index is 2.15. The first kappa shape index (κ1) is 15.5. The monoisotopic (exact) mass is 325 g/mol. The van der Waals surface area contributed by atoms with Crippen LogP contribution >= 0.6 is 12.2 Å². The maximum absolute atomic E-state index is 12.3. The molecular weight excluding hydrogens is 310 g/mol. The maximum Gasteiger partial charge on any atom is 0.240 e. The molecule has 112 valence electrons. The molecule has 0 aliphatic carbocycles. The van der Waals surface area contributed by atoms with E-state index in [9.17, 15) is 8.42 Å². The van der Waals surface area contributed by atoms with Crippen molar-refractivity contribution in [3.05, 3.63) is 41.7 Å². The van der Waals surface area contributed by atoms with Gasteiger partial charge < -0.3 is 5.73 Å². The summed E-state index contributed by atoms with van der Waals surface area (Å²) in [4.78, 5) is 0.334. The minimum Gasteiger partial charge on any atom is -0.389 e. The minimum atomic E-state index is -3.63. The van der Waals surface area contributed by atoms with Crippen molar-refractivity contribution < 1.29 is 8.42 Å². The Hall–Kier alpha value is -1.84. The first-order valence-corrected chi connectivity index (χ1v) is 8.03. The summed E-state index contributed by atoms with van der Waals surface area (Å²) >= 11 is 4.87. The lowest BCUT2D eigenvalue weighted by Crippen LogP contribution is -2.28. The van der Waals surface area contributed by atoms with Gasteiger partial charge in [-0.15, -0.1) is 5.10 Å². The molecule has 1 aromatic heterocycles. The smallest absolute Gasteiger partial charge is 0.240 e. The molecule has 21 heavy (non-hydrogen) atoms. The van der Waals surface area contributed by atoms with Crippen LogP contribution in [0, 0.1) is 6.92 Å². The van der Waals surface area contributed by atoms with Crippen molar-refractivity contribution in [2.24, 2.45) is 5.73 Å². The minimum absolute atomic E-state index is 0.161. The van der Waals surface area contributed by atoms with Gasteiger partial charge >= 0.3 is 0 Å². The second-order valence-corrected chi connectivity index (χ2v) is 6.58.